The fraction of sp³-hybridized carbons (Fsp3) is 0.316. The molecule has 0 radical (unpaired) electrons. The summed E-state index contributed by atoms with van der Waals surface area (Å²) < 4.78 is 5.48. The van der Waals surface area contributed by atoms with Crippen LogP contribution in [0.5, 0.6) is 5.75 Å². The molecule has 2 aromatic carbocycles. The van der Waals surface area contributed by atoms with Crippen molar-refractivity contribution in [1.82, 2.24) is 10.2 Å². The second-order valence-electron chi connectivity index (χ2n) is 5.85. The predicted molar refractivity (Wildman–Crippen MR) is 95.5 cm³/mol. The molecule has 1 atom stereocenters. The molecular weight excluding hydrogens is 324 g/mol. The van der Waals surface area contributed by atoms with Gasteiger partial charge < -0.3 is 15.0 Å². The first-order valence-corrected chi connectivity index (χ1v) is 8.44. The third-order valence-electron chi connectivity index (χ3n) is 4.33. The van der Waals surface area contributed by atoms with E-state index < -0.39 is 0 Å². The van der Waals surface area contributed by atoms with Crippen LogP contribution in [0.4, 0.5) is 0 Å². The van der Waals surface area contributed by atoms with Crippen LogP contribution < -0.4 is 10.1 Å². The molecule has 3 rings (SSSR count). The van der Waals surface area contributed by atoms with Crippen LogP contribution >= 0.6 is 11.6 Å². The Morgan fingerprint density at radius 3 is 2.75 bits per heavy atom. The minimum absolute atomic E-state index is 0.0188. The van der Waals surface area contributed by atoms with Gasteiger partial charge in [0, 0.05) is 30.2 Å². The maximum Gasteiger partial charge on any atom is 0.227 e. The highest BCUT2D eigenvalue weighted by atomic mass is 35.5. The van der Waals surface area contributed by atoms with Crippen LogP contribution in [0.15, 0.2) is 48.5 Å². The Labute approximate surface area is 147 Å². The van der Waals surface area contributed by atoms with Crippen LogP contribution in [0.1, 0.15) is 17.2 Å². The summed E-state index contributed by atoms with van der Waals surface area (Å²) in [6.45, 7) is 2.22. The van der Waals surface area contributed by atoms with Crippen molar-refractivity contribution in [2.45, 2.75) is 12.5 Å². The van der Waals surface area contributed by atoms with E-state index in [4.69, 9.17) is 16.3 Å². The van der Waals surface area contributed by atoms with Gasteiger partial charge in [-0.15, -0.1) is 0 Å². The Morgan fingerprint density at radius 1 is 1.25 bits per heavy atom. The van der Waals surface area contributed by atoms with Crippen LogP contribution in [-0.2, 0) is 11.2 Å². The summed E-state index contributed by atoms with van der Waals surface area (Å²) in [4.78, 5) is 14.8. The van der Waals surface area contributed by atoms with E-state index in [0.717, 1.165) is 30.0 Å². The van der Waals surface area contributed by atoms with Crippen LogP contribution in [0.3, 0.4) is 0 Å². The van der Waals surface area contributed by atoms with E-state index in [1.54, 1.807) is 7.11 Å². The molecule has 0 aromatic heterocycles. The van der Waals surface area contributed by atoms with E-state index in [1.165, 1.54) is 0 Å². The van der Waals surface area contributed by atoms with Crippen molar-refractivity contribution in [3.8, 4) is 5.75 Å². The Kier molecular flexibility index (Phi) is 5.38. The zero-order valence-corrected chi connectivity index (χ0v) is 14.4. The van der Waals surface area contributed by atoms with Crippen molar-refractivity contribution >= 4 is 17.5 Å². The number of benzene rings is 2. The Balaban J connectivity index is 1.81. The lowest BCUT2D eigenvalue weighted by atomic mass is 10.0. The van der Waals surface area contributed by atoms with Gasteiger partial charge in [0.1, 0.15) is 5.75 Å². The molecule has 4 nitrogen and oxygen atoms in total. The Morgan fingerprint density at radius 2 is 2.00 bits per heavy atom. The first kappa shape index (κ1) is 16.8. The van der Waals surface area contributed by atoms with Crippen LogP contribution in [0.2, 0.25) is 5.02 Å². The highest BCUT2D eigenvalue weighted by Gasteiger charge is 2.29. The monoisotopic (exact) mass is 344 g/mol. The van der Waals surface area contributed by atoms with E-state index in [1.807, 2.05) is 53.4 Å². The first-order valence-electron chi connectivity index (χ1n) is 8.06. The van der Waals surface area contributed by atoms with Gasteiger partial charge in [0.15, 0.2) is 0 Å². The summed E-state index contributed by atoms with van der Waals surface area (Å²) >= 11 is 5.92. The molecule has 0 aliphatic carbocycles. The molecule has 2 aromatic rings. The third-order valence-corrected chi connectivity index (χ3v) is 4.58. The van der Waals surface area contributed by atoms with Gasteiger partial charge in [0.25, 0.3) is 0 Å². The second-order valence-corrected chi connectivity index (χ2v) is 6.29. The lowest BCUT2D eigenvalue weighted by molar-refractivity contribution is -0.133. The quantitative estimate of drug-likeness (QED) is 0.926. The number of hydrogen-bond donors (Lipinski definition) is 1. The van der Waals surface area contributed by atoms with E-state index >= 15 is 0 Å². The number of ether oxygens (including phenoxy) is 1. The molecule has 1 amide bonds. The van der Waals surface area contributed by atoms with E-state index in [2.05, 4.69) is 5.32 Å². The van der Waals surface area contributed by atoms with Gasteiger partial charge in [-0.05, 0) is 23.8 Å². The molecule has 0 saturated carbocycles. The molecule has 24 heavy (non-hydrogen) atoms. The Hall–Kier alpha value is -2.04. The molecule has 126 valence electrons. The summed E-state index contributed by atoms with van der Waals surface area (Å²) in [6, 6.07) is 15.3. The van der Waals surface area contributed by atoms with Crippen molar-refractivity contribution < 1.29 is 9.53 Å². The fourth-order valence-corrected chi connectivity index (χ4v) is 3.23. The van der Waals surface area contributed by atoms with Crippen molar-refractivity contribution in [2.75, 3.05) is 26.7 Å². The number of piperazine rings is 1. The number of para-hydroxylation sites is 1. The summed E-state index contributed by atoms with van der Waals surface area (Å²) in [7, 11) is 1.66. The van der Waals surface area contributed by atoms with Crippen molar-refractivity contribution in [3.63, 3.8) is 0 Å². The van der Waals surface area contributed by atoms with Gasteiger partial charge in [-0.3, -0.25) is 4.79 Å². The summed E-state index contributed by atoms with van der Waals surface area (Å²) in [5.41, 5.74) is 2.01. The lowest BCUT2D eigenvalue weighted by Crippen LogP contribution is -2.49. The average molecular weight is 345 g/mol. The zero-order chi connectivity index (χ0) is 16.9. The third kappa shape index (κ3) is 3.71. The molecule has 1 heterocycles. The summed E-state index contributed by atoms with van der Waals surface area (Å²) in [5.74, 6) is 0.935. The van der Waals surface area contributed by atoms with Gasteiger partial charge >= 0.3 is 0 Å². The standard InChI is InChI=1S/C19H21ClN2O2/c1-24-18-5-3-2-4-16(18)17-13-21-10-11-22(17)19(23)12-14-6-8-15(20)9-7-14/h2-9,17,21H,10-13H2,1H3. The molecule has 1 unspecified atom stereocenters. The van der Waals surface area contributed by atoms with Gasteiger partial charge in [-0.1, -0.05) is 41.9 Å². The van der Waals surface area contributed by atoms with Gasteiger partial charge in [0.05, 0.1) is 19.6 Å². The minimum Gasteiger partial charge on any atom is -0.496 e. The van der Waals surface area contributed by atoms with E-state index in [0.29, 0.717) is 18.0 Å². The van der Waals surface area contributed by atoms with E-state index in [-0.39, 0.29) is 11.9 Å². The fourth-order valence-electron chi connectivity index (χ4n) is 3.10. The molecule has 1 saturated heterocycles. The van der Waals surface area contributed by atoms with Gasteiger partial charge in [-0.25, -0.2) is 0 Å². The lowest BCUT2D eigenvalue weighted by Gasteiger charge is -2.37. The molecule has 1 aliphatic rings. The second kappa shape index (κ2) is 7.69. The number of rotatable bonds is 4. The maximum atomic E-state index is 12.9. The number of amides is 1. The normalized spacial score (nSPS) is 17.6. The van der Waals surface area contributed by atoms with Crippen molar-refractivity contribution in [3.05, 3.63) is 64.7 Å². The summed E-state index contributed by atoms with van der Waals surface area (Å²) in [5, 5.41) is 4.05. The van der Waals surface area contributed by atoms with Crippen molar-refractivity contribution in [2.24, 2.45) is 0 Å². The molecular formula is C19H21ClN2O2. The van der Waals surface area contributed by atoms with Gasteiger partial charge in [-0.2, -0.15) is 0 Å². The van der Waals surface area contributed by atoms with E-state index in [9.17, 15) is 4.79 Å². The zero-order valence-electron chi connectivity index (χ0n) is 13.7. The highest BCUT2D eigenvalue weighted by molar-refractivity contribution is 6.30. The molecule has 1 fully saturated rings. The smallest absolute Gasteiger partial charge is 0.227 e. The molecule has 1 N–H and O–H groups in total. The number of carbonyl (C=O) groups is 1. The minimum atomic E-state index is -0.0188. The van der Waals surface area contributed by atoms with Crippen LogP contribution in [0.25, 0.3) is 0 Å². The van der Waals surface area contributed by atoms with Crippen molar-refractivity contribution in [1.29, 1.82) is 0 Å². The largest absolute Gasteiger partial charge is 0.496 e. The molecule has 0 spiro atoms. The number of nitrogens with zero attached hydrogens (tertiary/aromatic N) is 1. The summed E-state index contributed by atoms with van der Waals surface area (Å²) in [6.07, 6.45) is 0.378. The number of hydrogen-bond acceptors (Lipinski definition) is 3. The van der Waals surface area contributed by atoms with Gasteiger partial charge in [0.2, 0.25) is 5.91 Å². The van der Waals surface area contributed by atoms with Crippen LogP contribution in [0, 0.1) is 0 Å². The topological polar surface area (TPSA) is 41.6 Å². The first-order chi connectivity index (χ1) is 11.7. The average Bonchev–Trinajstić information content (AvgIpc) is 2.63. The number of halogens is 1. The molecule has 1 aliphatic heterocycles. The predicted octanol–water partition coefficient (Wildman–Crippen LogP) is 3.06. The number of nitrogens with one attached hydrogen (secondary N) is 1. The van der Waals surface area contributed by atoms with Crippen LogP contribution in [-0.4, -0.2) is 37.6 Å². The Bertz CT molecular complexity index is 703. The maximum absolute atomic E-state index is 12.9. The molecule has 5 heteroatoms. The molecule has 0 bridgehead atoms. The number of methoxy groups -OCH3 is 1. The number of carbonyl (C=O) groups excluding carboxylic acids is 1. The SMILES string of the molecule is COc1ccccc1C1CNCCN1C(=O)Cc1ccc(Cl)cc1. The highest BCUT2D eigenvalue weighted by Crippen LogP contribution is 2.30.